The van der Waals surface area contributed by atoms with Crippen LogP contribution in [0.1, 0.15) is 0 Å². The van der Waals surface area contributed by atoms with Crippen molar-refractivity contribution in [2.45, 2.75) is 0 Å². The molecule has 0 unspecified atom stereocenters. The summed E-state index contributed by atoms with van der Waals surface area (Å²) in [6, 6.07) is 0. The van der Waals surface area contributed by atoms with E-state index < -0.39 is 0 Å². The van der Waals surface area contributed by atoms with Gasteiger partial charge in [-0.2, -0.15) is 0 Å². The molecule has 0 atom stereocenters. The number of rotatable bonds is 0. The molecule has 0 aliphatic rings. The van der Waals surface area contributed by atoms with Crippen LogP contribution in [0, 0.1) is 0 Å². The molecule has 30 valence electrons. The van der Waals surface area contributed by atoms with E-state index in [0.29, 0.717) is 0 Å². The number of halogens is 1. The Labute approximate surface area is 103 Å². The molecule has 0 aliphatic carbocycles. The molecule has 5 heavy (non-hydrogen) atoms. The number of hydrogen-bond donors (Lipinski definition) is 0. The molecule has 0 radical (unpaired) electrons. The molecular weight excluding hydrogens is 223 g/mol. The van der Waals surface area contributed by atoms with E-state index in [-0.39, 0.29) is 105 Å². The fourth-order valence-electron chi connectivity index (χ4n) is 0. The summed E-state index contributed by atoms with van der Waals surface area (Å²) in [4.78, 5) is 0. The van der Waals surface area contributed by atoms with Crippen LogP contribution < -0.4 is 0 Å². The van der Waals surface area contributed by atoms with E-state index in [4.69, 9.17) is 0 Å². The molecule has 0 saturated carbocycles. The van der Waals surface area contributed by atoms with Crippen molar-refractivity contribution >= 4 is 95.0 Å². The molecule has 2 N–H and O–H groups in total. The number of hydrogen-bond acceptors (Lipinski definition) is 0. The average molecular weight is 233 g/mol. The second-order valence-corrected chi connectivity index (χ2v) is 0. The van der Waals surface area contributed by atoms with Gasteiger partial charge in [0.1, 0.15) is 0 Å². The predicted molar refractivity (Wildman–Crippen MR) is 33.1 cm³/mol. The Morgan fingerprint density at radius 1 is 1.00 bits per heavy atom. The van der Waals surface area contributed by atoms with E-state index in [1.54, 1.807) is 0 Å². The SMILES string of the molecule is B.F.O.[BaH2].[CaH2]. The van der Waals surface area contributed by atoms with E-state index in [9.17, 15) is 0 Å². The second-order valence-electron chi connectivity index (χ2n) is 0. The summed E-state index contributed by atoms with van der Waals surface area (Å²) in [5, 5.41) is 0. The molecule has 0 spiro atoms. The first-order valence-corrected chi connectivity index (χ1v) is 0. The average Bonchev–Trinajstić information content (AvgIpc) is 0. The van der Waals surface area contributed by atoms with Gasteiger partial charge in [-0.3, -0.25) is 4.70 Å². The molecule has 0 rings (SSSR count). The van der Waals surface area contributed by atoms with Crippen molar-refractivity contribution in [1.82, 2.24) is 0 Å². The third-order valence-corrected chi connectivity index (χ3v) is 0. The Hall–Kier alpha value is 2.79. The normalized spacial score (nSPS) is 0. The fraction of sp³-hybridized carbons (Fsp3) is 0. The van der Waals surface area contributed by atoms with Crippen LogP contribution in [-0.2, 0) is 0 Å². The molecule has 0 fully saturated rings. The summed E-state index contributed by atoms with van der Waals surface area (Å²) in [6.45, 7) is 0. The maximum atomic E-state index is 0. The van der Waals surface area contributed by atoms with Crippen LogP contribution >= 0.6 is 0 Å². The molecule has 0 aromatic rings. The van der Waals surface area contributed by atoms with Gasteiger partial charge in [0.2, 0.25) is 0 Å². The summed E-state index contributed by atoms with van der Waals surface area (Å²) >= 11 is 0. The van der Waals surface area contributed by atoms with Gasteiger partial charge in [-0.05, 0) is 0 Å². The molecular formula is H10BBaCaFO. The van der Waals surface area contributed by atoms with E-state index >= 15 is 0 Å². The zero-order valence-corrected chi connectivity index (χ0v) is 0.908. The van der Waals surface area contributed by atoms with Gasteiger partial charge in [-0.25, -0.2) is 0 Å². The summed E-state index contributed by atoms with van der Waals surface area (Å²) in [5.41, 5.74) is 0. The van der Waals surface area contributed by atoms with Crippen LogP contribution in [0.2, 0.25) is 0 Å². The van der Waals surface area contributed by atoms with Crippen molar-refractivity contribution in [3.63, 3.8) is 0 Å². The Morgan fingerprint density at radius 3 is 1.00 bits per heavy atom. The predicted octanol–water partition coefficient (Wildman–Crippen LogP) is -3.69. The van der Waals surface area contributed by atoms with Gasteiger partial charge in [0, 0.05) is 0 Å². The van der Waals surface area contributed by atoms with E-state index in [1.165, 1.54) is 0 Å². The van der Waals surface area contributed by atoms with Gasteiger partial charge < -0.3 is 5.48 Å². The minimum atomic E-state index is 0. The summed E-state index contributed by atoms with van der Waals surface area (Å²) in [5.74, 6) is 0. The van der Waals surface area contributed by atoms with Crippen LogP contribution in [0.3, 0.4) is 0 Å². The van der Waals surface area contributed by atoms with Crippen molar-refractivity contribution in [2.24, 2.45) is 0 Å². The summed E-state index contributed by atoms with van der Waals surface area (Å²) in [6.07, 6.45) is 0. The zero-order chi connectivity index (χ0) is 0. The van der Waals surface area contributed by atoms with Crippen LogP contribution in [-0.4, -0.2) is 101 Å². The Balaban J connectivity index is 0. The topological polar surface area (TPSA) is 31.5 Å². The molecule has 0 amide bonds. The molecule has 0 saturated heterocycles. The van der Waals surface area contributed by atoms with Gasteiger partial charge in [0.05, 0.1) is 8.41 Å². The van der Waals surface area contributed by atoms with Crippen molar-refractivity contribution in [3.05, 3.63) is 0 Å². The molecule has 0 aliphatic heterocycles. The second kappa shape index (κ2) is 29.3. The van der Waals surface area contributed by atoms with Crippen LogP contribution in [0.25, 0.3) is 0 Å². The van der Waals surface area contributed by atoms with E-state index in [2.05, 4.69) is 0 Å². The first-order valence-electron chi connectivity index (χ1n) is 0. The van der Waals surface area contributed by atoms with Crippen LogP contribution in [0.15, 0.2) is 0 Å². The molecule has 5 heteroatoms. The first kappa shape index (κ1) is 46.2. The molecule has 0 aromatic carbocycles. The van der Waals surface area contributed by atoms with Crippen molar-refractivity contribution < 1.29 is 10.2 Å². The zero-order valence-electron chi connectivity index (χ0n) is 0.908. The summed E-state index contributed by atoms with van der Waals surface area (Å²) in [7, 11) is 0. The molecule has 0 aromatic heterocycles. The quantitative estimate of drug-likeness (QED) is 0.386. The van der Waals surface area contributed by atoms with Gasteiger partial charge >= 0.3 is 86.6 Å². The molecule has 1 nitrogen and oxygen atoms in total. The monoisotopic (exact) mass is 234 g/mol. The third kappa shape index (κ3) is 20.0. The standard InChI is InChI=1S/BH3.Ba.Ca.FH.H2O.4H/h1H3;;;1H;1H2;;;;. The van der Waals surface area contributed by atoms with Gasteiger partial charge in [-0.1, -0.05) is 0 Å². The van der Waals surface area contributed by atoms with E-state index in [1.807, 2.05) is 0 Å². The first-order chi connectivity index (χ1) is 0. The van der Waals surface area contributed by atoms with E-state index in [0.717, 1.165) is 0 Å². The van der Waals surface area contributed by atoms with Crippen molar-refractivity contribution in [1.29, 1.82) is 0 Å². The van der Waals surface area contributed by atoms with Crippen molar-refractivity contribution in [3.8, 4) is 0 Å². The Kier molecular flexibility index (Phi) is 270. The van der Waals surface area contributed by atoms with Crippen molar-refractivity contribution in [2.75, 3.05) is 0 Å². The van der Waals surface area contributed by atoms with Gasteiger partial charge in [0.15, 0.2) is 0 Å². The van der Waals surface area contributed by atoms with Crippen LogP contribution in [0.5, 0.6) is 0 Å². The van der Waals surface area contributed by atoms with Crippen LogP contribution in [0.4, 0.5) is 4.70 Å². The Bertz CT molecular complexity index is 11.6. The maximum absolute atomic E-state index is 0. The molecule has 0 heterocycles. The van der Waals surface area contributed by atoms with Gasteiger partial charge in [0.25, 0.3) is 0 Å². The molecule has 0 bridgehead atoms. The van der Waals surface area contributed by atoms with Gasteiger partial charge in [-0.15, -0.1) is 0 Å². The summed E-state index contributed by atoms with van der Waals surface area (Å²) < 4.78 is 0. The minimum absolute atomic E-state index is 0. The Morgan fingerprint density at radius 2 is 1.00 bits per heavy atom. The third-order valence-electron chi connectivity index (χ3n) is 0. The fourth-order valence-corrected chi connectivity index (χ4v) is 0.